The van der Waals surface area contributed by atoms with Crippen LogP contribution in [0.15, 0.2) is 32.0 Å². The molecule has 31 heavy (non-hydrogen) atoms. The lowest BCUT2D eigenvalue weighted by atomic mass is 9.96. The third-order valence-electron chi connectivity index (χ3n) is 5.64. The summed E-state index contributed by atoms with van der Waals surface area (Å²) in [4.78, 5) is 7.12. The van der Waals surface area contributed by atoms with Gasteiger partial charge in [-0.3, -0.25) is 4.90 Å². The molecule has 174 valence electrons. The Labute approximate surface area is 202 Å². The lowest BCUT2D eigenvalue weighted by Gasteiger charge is -2.27. The van der Waals surface area contributed by atoms with Crippen molar-refractivity contribution < 1.29 is 13.9 Å². The molecule has 1 saturated heterocycles. The molecule has 3 heterocycles. The van der Waals surface area contributed by atoms with Gasteiger partial charge in [0.25, 0.3) is 0 Å². The predicted octanol–water partition coefficient (Wildman–Crippen LogP) is 4.02. The Bertz CT molecular complexity index is 853. The maximum absolute atomic E-state index is 11.0. The number of aliphatic hydroxyl groups is 1. The standard InChI is InChI=1S/C23H36N4O3.HI/c1-6-24-22(26-15-23(5,28)19-13-17(3)29-18(19)4)25-14-20(27-11-7-8-12-27)21-10-9-16(2)30-21;/h9-10,13,20,28H,6-8,11-12,14-15H2,1-5H3,(H2,24,25,26);1H. The highest BCUT2D eigenvalue weighted by Crippen LogP contribution is 2.28. The molecule has 2 unspecified atom stereocenters. The van der Waals surface area contributed by atoms with Gasteiger partial charge in [-0.25, -0.2) is 4.99 Å². The van der Waals surface area contributed by atoms with Crippen LogP contribution in [0.3, 0.4) is 0 Å². The molecule has 0 aromatic carbocycles. The van der Waals surface area contributed by atoms with Gasteiger partial charge in [0.2, 0.25) is 0 Å². The SMILES string of the molecule is CCNC(=NCC(C)(O)c1cc(C)oc1C)NCC(c1ccc(C)o1)N1CCCC1.I. The molecule has 1 fully saturated rings. The Morgan fingerprint density at radius 1 is 1.16 bits per heavy atom. The van der Waals surface area contributed by atoms with Gasteiger partial charge in [0, 0.05) is 18.7 Å². The maximum atomic E-state index is 11.0. The molecule has 0 bridgehead atoms. The number of halogens is 1. The smallest absolute Gasteiger partial charge is 0.191 e. The third kappa shape index (κ3) is 6.73. The van der Waals surface area contributed by atoms with Crippen LogP contribution in [0, 0.1) is 20.8 Å². The number of hydrogen-bond donors (Lipinski definition) is 3. The Balaban J connectivity index is 0.00000341. The second kappa shape index (κ2) is 11.4. The van der Waals surface area contributed by atoms with Crippen LogP contribution in [0.4, 0.5) is 0 Å². The summed E-state index contributed by atoms with van der Waals surface area (Å²) in [6.45, 7) is 13.4. The molecule has 7 nitrogen and oxygen atoms in total. The Kier molecular flexibility index (Phi) is 9.45. The quantitative estimate of drug-likeness (QED) is 0.265. The number of nitrogens with one attached hydrogen (secondary N) is 2. The fraction of sp³-hybridized carbons (Fsp3) is 0.609. The van der Waals surface area contributed by atoms with Gasteiger partial charge in [-0.05, 0) is 78.7 Å². The van der Waals surface area contributed by atoms with E-state index in [1.54, 1.807) is 6.92 Å². The predicted molar refractivity (Wildman–Crippen MR) is 134 cm³/mol. The number of hydrogen-bond acceptors (Lipinski definition) is 5. The molecule has 2 aromatic heterocycles. The molecule has 8 heteroatoms. The second-order valence-electron chi connectivity index (χ2n) is 8.38. The average molecular weight is 544 g/mol. The number of aryl methyl sites for hydroxylation is 3. The highest BCUT2D eigenvalue weighted by atomic mass is 127. The first-order valence-corrected chi connectivity index (χ1v) is 10.9. The van der Waals surface area contributed by atoms with Crippen LogP contribution >= 0.6 is 24.0 Å². The van der Waals surface area contributed by atoms with Gasteiger partial charge in [-0.2, -0.15) is 0 Å². The van der Waals surface area contributed by atoms with Gasteiger partial charge < -0.3 is 24.6 Å². The molecule has 0 spiro atoms. The summed E-state index contributed by atoms with van der Waals surface area (Å²) in [7, 11) is 0. The largest absolute Gasteiger partial charge is 0.466 e. The van der Waals surface area contributed by atoms with Crippen molar-refractivity contribution >= 4 is 29.9 Å². The molecular weight excluding hydrogens is 507 g/mol. The summed E-state index contributed by atoms with van der Waals surface area (Å²) >= 11 is 0. The molecular formula is C23H37IN4O3. The van der Waals surface area contributed by atoms with Gasteiger partial charge in [0.15, 0.2) is 5.96 Å². The van der Waals surface area contributed by atoms with Crippen molar-refractivity contribution in [3.63, 3.8) is 0 Å². The zero-order valence-electron chi connectivity index (χ0n) is 19.3. The van der Waals surface area contributed by atoms with Crippen molar-refractivity contribution in [3.8, 4) is 0 Å². The van der Waals surface area contributed by atoms with E-state index in [0.717, 1.165) is 48.2 Å². The molecule has 2 aromatic rings. The highest BCUT2D eigenvalue weighted by molar-refractivity contribution is 14.0. The van der Waals surface area contributed by atoms with Gasteiger partial charge in [0.1, 0.15) is 28.6 Å². The number of rotatable bonds is 8. The number of furan rings is 2. The van der Waals surface area contributed by atoms with Gasteiger partial charge in [-0.1, -0.05) is 0 Å². The summed E-state index contributed by atoms with van der Waals surface area (Å²) in [5.41, 5.74) is -0.322. The van der Waals surface area contributed by atoms with Crippen LogP contribution in [0.25, 0.3) is 0 Å². The summed E-state index contributed by atoms with van der Waals surface area (Å²) < 4.78 is 11.5. The van der Waals surface area contributed by atoms with Crippen LogP contribution < -0.4 is 10.6 Å². The summed E-state index contributed by atoms with van der Waals surface area (Å²) in [5, 5.41) is 17.7. The van der Waals surface area contributed by atoms with Crippen molar-refractivity contribution in [2.75, 3.05) is 32.7 Å². The Morgan fingerprint density at radius 3 is 2.42 bits per heavy atom. The molecule has 0 amide bonds. The highest BCUT2D eigenvalue weighted by Gasteiger charge is 2.28. The van der Waals surface area contributed by atoms with Crippen molar-refractivity contribution in [1.82, 2.24) is 15.5 Å². The minimum absolute atomic E-state index is 0. The van der Waals surface area contributed by atoms with Crippen LogP contribution in [-0.2, 0) is 5.60 Å². The van der Waals surface area contributed by atoms with Crippen LogP contribution in [-0.4, -0.2) is 48.7 Å². The molecule has 0 radical (unpaired) electrons. The summed E-state index contributed by atoms with van der Waals surface area (Å²) in [6, 6.07) is 6.13. The minimum Gasteiger partial charge on any atom is -0.466 e. The molecule has 3 rings (SSSR count). The first-order chi connectivity index (χ1) is 14.3. The van der Waals surface area contributed by atoms with E-state index >= 15 is 0 Å². The average Bonchev–Trinajstić information content (AvgIpc) is 3.42. The van der Waals surface area contributed by atoms with Crippen molar-refractivity contribution in [3.05, 3.63) is 46.8 Å². The fourth-order valence-electron chi connectivity index (χ4n) is 4.11. The van der Waals surface area contributed by atoms with E-state index in [-0.39, 0.29) is 36.6 Å². The molecule has 1 aliphatic heterocycles. The van der Waals surface area contributed by atoms with E-state index in [1.807, 2.05) is 39.8 Å². The van der Waals surface area contributed by atoms with Crippen LogP contribution in [0.1, 0.15) is 61.3 Å². The maximum Gasteiger partial charge on any atom is 0.191 e. The minimum atomic E-state index is -1.10. The normalized spacial score (nSPS) is 17.8. The fourth-order valence-corrected chi connectivity index (χ4v) is 4.11. The Hall–Kier alpha value is -1.52. The summed E-state index contributed by atoms with van der Waals surface area (Å²) in [5.74, 6) is 4.11. The molecule has 0 aliphatic carbocycles. The van der Waals surface area contributed by atoms with Gasteiger partial charge >= 0.3 is 0 Å². The molecule has 0 saturated carbocycles. The zero-order chi connectivity index (χ0) is 21.7. The van der Waals surface area contributed by atoms with Crippen LogP contribution in [0.2, 0.25) is 0 Å². The lowest BCUT2D eigenvalue weighted by molar-refractivity contribution is 0.0656. The Morgan fingerprint density at radius 2 is 1.87 bits per heavy atom. The lowest BCUT2D eigenvalue weighted by Crippen LogP contribution is -2.43. The zero-order valence-corrected chi connectivity index (χ0v) is 21.7. The van der Waals surface area contributed by atoms with Crippen molar-refractivity contribution in [1.29, 1.82) is 0 Å². The third-order valence-corrected chi connectivity index (χ3v) is 5.64. The van der Waals surface area contributed by atoms with E-state index in [1.165, 1.54) is 12.8 Å². The molecule has 3 N–H and O–H groups in total. The first kappa shape index (κ1) is 25.7. The molecule has 2 atom stereocenters. The van der Waals surface area contributed by atoms with Crippen molar-refractivity contribution in [2.45, 2.75) is 59.1 Å². The number of guanidine groups is 1. The van der Waals surface area contributed by atoms with Crippen LogP contribution in [0.5, 0.6) is 0 Å². The van der Waals surface area contributed by atoms with E-state index in [4.69, 9.17) is 8.83 Å². The number of aliphatic imine (C=N–C) groups is 1. The molecule has 1 aliphatic rings. The van der Waals surface area contributed by atoms with E-state index in [2.05, 4.69) is 26.6 Å². The monoisotopic (exact) mass is 544 g/mol. The van der Waals surface area contributed by atoms with E-state index < -0.39 is 5.60 Å². The second-order valence-corrected chi connectivity index (χ2v) is 8.38. The van der Waals surface area contributed by atoms with E-state index in [0.29, 0.717) is 12.5 Å². The first-order valence-electron chi connectivity index (χ1n) is 10.9. The number of likely N-dealkylation sites (tertiary alicyclic amines) is 1. The number of nitrogens with zero attached hydrogens (tertiary/aromatic N) is 2. The van der Waals surface area contributed by atoms with Crippen molar-refractivity contribution in [2.24, 2.45) is 4.99 Å². The topological polar surface area (TPSA) is 86.2 Å². The van der Waals surface area contributed by atoms with Gasteiger partial charge in [-0.15, -0.1) is 24.0 Å². The van der Waals surface area contributed by atoms with Gasteiger partial charge in [0.05, 0.1) is 12.6 Å². The van der Waals surface area contributed by atoms with E-state index in [9.17, 15) is 5.11 Å². The summed E-state index contributed by atoms with van der Waals surface area (Å²) in [6.07, 6.45) is 2.44.